The number of aliphatic hydroxyl groups excluding tert-OH is 1. The highest BCUT2D eigenvalue weighted by Crippen LogP contribution is 2.52. The van der Waals surface area contributed by atoms with Crippen molar-refractivity contribution in [2.75, 3.05) is 6.61 Å². The van der Waals surface area contributed by atoms with E-state index in [1.807, 2.05) is 6.92 Å². The van der Waals surface area contributed by atoms with Crippen LogP contribution in [0.4, 0.5) is 0 Å². The van der Waals surface area contributed by atoms with E-state index in [1.165, 1.54) is 6.42 Å². The van der Waals surface area contributed by atoms with Crippen molar-refractivity contribution in [3.8, 4) is 0 Å². The van der Waals surface area contributed by atoms with Crippen molar-refractivity contribution in [2.45, 2.75) is 72.3 Å². The van der Waals surface area contributed by atoms with Gasteiger partial charge in [0.05, 0.1) is 12.2 Å². The fraction of sp³-hybridized carbons (Fsp3) is 1.00. The van der Waals surface area contributed by atoms with E-state index in [0.717, 1.165) is 25.7 Å². The molecule has 1 aliphatic rings. The normalized spacial score (nSPS) is 36.5. The fourth-order valence-corrected chi connectivity index (χ4v) is 4.00. The Kier molecular flexibility index (Phi) is 4.31. The molecule has 102 valence electrons. The average molecular weight is 242 g/mol. The fourth-order valence-electron chi connectivity index (χ4n) is 4.00. The summed E-state index contributed by atoms with van der Waals surface area (Å²) < 4.78 is 0. The summed E-state index contributed by atoms with van der Waals surface area (Å²) in [5.41, 5.74) is -0.886. The topological polar surface area (TPSA) is 40.5 Å². The first-order valence-electron chi connectivity index (χ1n) is 7.01. The third kappa shape index (κ3) is 3.03. The van der Waals surface area contributed by atoms with Gasteiger partial charge in [-0.1, -0.05) is 41.0 Å². The number of hydrogen-bond donors (Lipinski definition) is 2. The van der Waals surface area contributed by atoms with E-state index in [2.05, 4.69) is 27.7 Å². The molecule has 3 unspecified atom stereocenters. The van der Waals surface area contributed by atoms with Gasteiger partial charge in [-0.2, -0.15) is 0 Å². The molecule has 3 atom stereocenters. The van der Waals surface area contributed by atoms with E-state index >= 15 is 0 Å². The van der Waals surface area contributed by atoms with Gasteiger partial charge in [0.15, 0.2) is 0 Å². The van der Waals surface area contributed by atoms with Gasteiger partial charge >= 0.3 is 0 Å². The van der Waals surface area contributed by atoms with Crippen molar-refractivity contribution in [1.82, 2.24) is 0 Å². The molecule has 2 N–H and O–H groups in total. The minimum Gasteiger partial charge on any atom is -0.396 e. The van der Waals surface area contributed by atoms with Gasteiger partial charge in [0.2, 0.25) is 0 Å². The van der Waals surface area contributed by atoms with Gasteiger partial charge in [0.25, 0.3) is 0 Å². The van der Waals surface area contributed by atoms with Crippen LogP contribution in [-0.2, 0) is 0 Å². The lowest BCUT2D eigenvalue weighted by Crippen LogP contribution is -2.54. The largest absolute Gasteiger partial charge is 0.396 e. The first-order valence-corrected chi connectivity index (χ1v) is 7.01. The number of rotatable bonds is 4. The molecule has 0 aromatic rings. The van der Waals surface area contributed by atoms with Crippen LogP contribution >= 0.6 is 0 Å². The summed E-state index contributed by atoms with van der Waals surface area (Å²) in [6.07, 6.45) is 4.70. The van der Waals surface area contributed by atoms with Gasteiger partial charge in [-0.25, -0.2) is 0 Å². The minimum absolute atomic E-state index is 0.0835. The summed E-state index contributed by atoms with van der Waals surface area (Å²) in [4.78, 5) is 0. The van der Waals surface area contributed by atoms with E-state index < -0.39 is 5.60 Å². The lowest BCUT2D eigenvalue weighted by atomic mass is 9.56. The Hall–Kier alpha value is -0.0800. The van der Waals surface area contributed by atoms with E-state index in [-0.39, 0.29) is 17.4 Å². The number of hydrogen-bond acceptors (Lipinski definition) is 2. The van der Waals surface area contributed by atoms with Crippen molar-refractivity contribution in [3.63, 3.8) is 0 Å². The summed E-state index contributed by atoms with van der Waals surface area (Å²) in [5, 5.41) is 20.8. The molecule has 0 amide bonds. The Labute approximate surface area is 106 Å². The van der Waals surface area contributed by atoms with Crippen molar-refractivity contribution in [1.29, 1.82) is 0 Å². The molecule has 0 aromatic heterocycles. The molecule has 0 bridgehead atoms. The first kappa shape index (κ1) is 15.0. The highest BCUT2D eigenvalue weighted by molar-refractivity contribution is 5.02. The first-order chi connectivity index (χ1) is 7.68. The Balaban J connectivity index is 2.98. The summed E-state index contributed by atoms with van der Waals surface area (Å²) in [6.45, 7) is 10.9. The molecule has 1 saturated carbocycles. The molecule has 17 heavy (non-hydrogen) atoms. The number of aliphatic hydroxyl groups is 2. The summed E-state index contributed by atoms with van der Waals surface area (Å²) >= 11 is 0. The molecular weight excluding hydrogens is 212 g/mol. The van der Waals surface area contributed by atoms with Crippen LogP contribution in [0.1, 0.15) is 66.7 Å². The van der Waals surface area contributed by atoms with Crippen LogP contribution in [0.25, 0.3) is 0 Å². The van der Waals surface area contributed by atoms with Crippen LogP contribution in [0, 0.1) is 16.7 Å². The summed E-state index contributed by atoms with van der Waals surface area (Å²) in [7, 11) is 0. The van der Waals surface area contributed by atoms with Crippen LogP contribution in [0.5, 0.6) is 0 Å². The average Bonchev–Trinajstić information content (AvgIpc) is 2.13. The molecule has 1 fully saturated rings. The quantitative estimate of drug-likeness (QED) is 0.793. The Bertz CT molecular complexity index is 262. The SMILES string of the molecule is CCCC(C)(CO)C1(O)CC(C)CC(C)(C)C1. The monoisotopic (exact) mass is 242 g/mol. The molecule has 0 heterocycles. The van der Waals surface area contributed by atoms with Gasteiger partial charge < -0.3 is 10.2 Å². The zero-order chi connectivity index (χ0) is 13.3. The highest BCUT2D eigenvalue weighted by Gasteiger charge is 2.51. The molecule has 2 heteroatoms. The maximum absolute atomic E-state index is 11.1. The van der Waals surface area contributed by atoms with E-state index in [4.69, 9.17) is 0 Å². The molecule has 0 radical (unpaired) electrons. The second-order valence-corrected chi connectivity index (χ2v) is 7.35. The van der Waals surface area contributed by atoms with Crippen molar-refractivity contribution < 1.29 is 10.2 Å². The molecule has 0 saturated heterocycles. The van der Waals surface area contributed by atoms with Gasteiger partial charge in [0.1, 0.15) is 0 Å². The van der Waals surface area contributed by atoms with Gasteiger partial charge in [-0.3, -0.25) is 0 Å². The molecule has 1 rings (SSSR count). The standard InChI is InChI=1S/C15H30O2/c1-6-7-14(5,11-16)15(17)9-12(2)8-13(3,4)10-15/h12,16-17H,6-11H2,1-5H3. The third-order valence-corrected chi connectivity index (χ3v) is 4.63. The predicted molar refractivity (Wildman–Crippen MR) is 71.8 cm³/mol. The summed E-state index contributed by atoms with van der Waals surface area (Å²) in [5.74, 6) is 0.534. The lowest BCUT2D eigenvalue weighted by molar-refractivity contribution is -0.159. The second kappa shape index (κ2) is 4.89. The van der Waals surface area contributed by atoms with E-state index in [0.29, 0.717) is 5.92 Å². The maximum atomic E-state index is 11.1. The van der Waals surface area contributed by atoms with E-state index in [1.54, 1.807) is 0 Å². The van der Waals surface area contributed by atoms with Crippen molar-refractivity contribution >= 4 is 0 Å². The molecule has 0 aromatic carbocycles. The van der Waals surface area contributed by atoms with Gasteiger partial charge in [-0.05, 0) is 37.0 Å². The minimum atomic E-state index is -0.709. The van der Waals surface area contributed by atoms with Crippen molar-refractivity contribution in [3.05, 3.63) is 0 Å². The van der Waals surface area contributed by atoms with Gasteiger partial charge in [-0.15, -0.1) is 0 Å². The van der Waals surface area contributed by atoms with Crippen molar-refractivity contribution in [2.24, 2.45) is 16.7 Å². The Morgan fingerprint density at radius 3 is 2.29 bits per heavy atom. The molecule has 0 spiro atoms. The second-order valence-electron chi connectivity index (χ2n) is 7.35. The zero-order valence-electron chi connectivity index (χ0n) is 12.2. The van der Waals surface area contributed by atoms with Crippen LogP contribution in [0.15, 0.2) is 0 Å². The molecule has 0 aliphatic heterocycles. The van der Waals surface area contributed by atoms with Crippen LogP contribution in [0.2, 0.25) is 0 Å². The Morgan fingerprint density at radius 2 is 1.88 bits per heavy atom. The zero-order valence-corrected chi connectivity index (χ0v) is 12.2. The van der Waals surface area contributed by atoms with Crippen LogP contribution in [-0.4, -0.2) is 22.4 Å². The Morgan fingerprint density at radius 1 is 1.29 bits per heavy atom. The maximum Gasteiger partial charge on any atom is 0.0730 e. The molecular formula is C15H30O2. The van der Waals surface area contributed by atoms with Gasteiger partial charge in [0, 0.05) is 5.41 Å². The summed E-state index contributed by atoms with van der Waals surface area (Å²) in [6, 6.07) is 0. The molecule has 1 aliphatic carbocycles. The smallest absolute Gasteiger partial charge is 0.0730 e. The molecule has 2 nitrogen and oxygen atoms in total. The van der Waals surface area contributed by atoms with Crippen LogP contribution in [0.3, 0.4) is 0 Å². The highest BCUT2D eigenvalue weighted by atomic mass is 16.3. The predicted octanol–water partition coefficient (Wildman–Crippen LogP) is 3.36. The van der Waals surface area contributed by atoms with E-state index in [9.17, 15) is 10.2 Å². The lowest BCUT2D eigenvalue weighted by Gasteiger charge is -2.53. The van der Waals surface area contributed by atoms with Crippen LogP contribution < -0.4 is 0 Å². The third-order valence-electron chi connectivity index (χ3n) is 4.63.